The van der Waals surface area contributed by atoms with Crippen LogP contribution in [-0.4, -0.2) is 15.7 Å². The van der Waals surface area contributed by atoms with Gasteiger partial charge in [0.1, 0.15) is 0 Å². The Hall–Kier alpha value is -0.570. The van der Waals surface area contributed by atoms with Crippen LogP contribution in [0.1, 0.15) is 25.5 Å². The van der Waals surface area contributed by atoms with Crippen molar-refractivity contribution in [2.75, 3.05) is 5.75 Å². The predicted octanol–water partition coefficient (Wildman–Crippen LogP) is 2.68. The van der Waals surface area contributed by atoms with Gasteiger partial charge < -0.3 is 0 Å². The Balaban J connectivity index is 2.41. The first-order valence-electron chi connectivity index (χ1n) is 4.25. The molecule has 0 saturated carbocycles. The van der Waals surface area contributed by atoms with Gasteiger partial charge in [-0.25, -0.2) is 9.97 Å². The number of thioether (sulfide) groups is 1. The van der Waals surface area contributed by atoms with E-state index in [4.69, 9.17) is 0 Å². The number of rotatable bonds is 4. The molecule has 0 saturated heterocycles. The molecular formula is C9H14N2S. The number of hydrogen-bond donors (Lipinski definition) is 0. The summed E-state index contributed by atoms with van der Waals surface area (Å²) in [7, 11) is 0. The van der Waals surface area contributed by atoms with Crippen molar-refractivity contribution in [3.8, 4) is 0 Å². The highest BCUT2D eigenvalue weighted by molar-refractivity contribution is 7.99. The van der Waals surface area contributed by atoms with E-state index in [1.807, 2.05) is 19.2 Å². The smallest absolute Gasteiger partial charge is 0.187 e. The van der Waals surface area contributed by atoms with Crippen molar-refractivity contribution < 1.29 is 0 Å². The summed E-state index contributed by atoms with van der Waals surface area (Å²) < 4.78 is 0. The fourth-order valence-electron chi connectivity index (χ4n) is 0.803. The molecule has 0 amide bonds. The van der Waals surface area contributed by atoms with Gasteiger partial charge in [-0.05, 0) is 19.4 Å². The highest BCUT2D eigenvalue weighted by atomic mass is 32.2. The van der Waals surface area contributed by atoms with Crippen LogP contribution in [0, 0.1) is 6.92 Å². The molecule has 0 aromatic carbocycles. The highest BCUT2D eigenvalue weighted by Crippen LogP contribution is 2.13. The van der Waals surface area contributed by atoms with Gasteiger partial charge in [0.15, 0.2) is 5.16 Å². The fourth-order valence-corrected chi connectivity index (χ4v) is 1.76. The second-order valence-corrected chi connectivity index (χ2v) is 3.74. The zero-order chi connectivity index (χ0) is 8.81. The van der Waals surface area contributed by atoms with Crippen LogP contribution in [-0.2, 0) is 0 Å². The number of nitrogens with zero attached hydrogens (tertiary/aromatic N) is 2. The van der Waals surface area contributed by atoms with Crippen molar-refractivity contribution >= 4 is 11.8 Å². The number of aromatic nitrogens is 2. The maximum absolute atomic E-state index is 4.30. The molecule has 0 radical (unpaired) electrons. The summed E-state index contributed by atoms with van der Waals surface area (Å²) in [6.07, 6.45) is 4.29. The average Bonchev–Trinajstić information content (AvgIpc) is 2.05. The molecule has 0 unspecified atom stereocenters. The Morgan fingerprint density at radius 2 is 2.33 bits per heavy atom. The van der Waals surface area contributed by atoms with Gasteiger partial charge in [-0.3, -0.25) is 0 Å². The minimum absolute atomic E-state index is 0.906. The van der Waals surface area contributed by atoms with E-state index >= 15 is 0 Å². The van der Waals surface area contributed by atoms with E-state index in [1.54, 1.807) is 11.8 Å². The maximum Gasteiger partial charge on any atom is 0.187 e. The summed E-state index contributed by atoms with van der Waals surface area (Å²) in [5.41, 5.74) is 1.05. The molecule has 0 atom stereocenters. The van der Waals surface area contributed by atoms with Crippen molar-refractivity contribution in [1.82, 2.24) is 9.97 Å². The van der Waals surface area contributed by atoms with Crippen LogP contribution in [0.4, 0.5) is 0 Å². The number of aryl methyl sites for hydroxylation is 1. The second kappa shape index (κ2) is 5.14. The Morgan fingerprint density at radius 3 is 3.00 bits per heavy atom. The Morgan fingerprint density at radius 1 is 1.50 bits per heavy atom. The molecule has 0 spiro atoms. The van der Waals surface area contributed by atoms with Crippen molar-refractivity contribution in [3.63, 3.8) is 0 Å². The van der Waals surface area contributed by atoms with Crippen LogP contribution in [0.3, 0.4) is 0 Å². The molecule has 1 rings (SSSR count). The Kier molecular flexibility index (Phi) is 4.08. The van der Waals surface area contributed by atoms with E-state index in [0.717, 1.165) is 16.6 Å². The third-order valence-corrected chi connectivity index (χ3v) is 2.45. The molecule has 3 heteroatoms. The van der Waals surface area contributed by atoms with Gasteiger partial charge in [0.2, 0.25) is 0 Å². The lowest BCUT2D eigenvalue weighted by atomic mass is 10.4. The molecule has 0 aliphatic heterocycles. The van der Waals surface area contributed by atoms with E-state index in [-0.39, 0.29) is 0 Å². The largest absolute Gasteiger partial charge is 0.231 e. The van der Waals surface area contributed by atoms with Crippen LogP contribution in [0.25, 0.3) is 0 Å². The third kappa shape index (κ3) is 3.22. The normalized spacial score (nSPS) is 10.2. The summed E-state index contributed by atoms with van der Waals surface area (Å²) >= 11 is 1.74. The van der Waals surface area contributed by atoms with E-state index in [1.165, 1.54) is 12.8 Å². The molecule has 66 valence electrons. The summed E-state index contributed by atoms with van der Waals surface area (Å²) in [6, 6.07) is 1.92. The molecule has 0 bridgehead atoms. The molecule has 2 nitrogen and oxygen atoms in total. The minimum Gasteiger partial charge on any atom is -0.231 e. The van der Waals surface area contributed by atoms with Gasteiger partial charge in [0, 0.05) is 17.6 Å². The van der Waals surface area contributed by atoms with E-state index in [2.05, 4.69) is 16.9 Å². The van der Waals surface area contributed by atoms with E-state index in [0.29, 0.717) is 0 Å². The Labute approximate surface area is 77.8 Å². The van der Waals surface area contributed by atoms with Crippen LogP contribution in [0.5, 0.6) is 0 Å². The first kappa shape index (κ1) is 9.52. The van der Waals surface area contributed by atoms with Crippen molar-refractivity contribution in [1.29, 1.82) is 0 Å². The third-order valence-electron chi connectivity index (χ3n) is 1.50. The lowest BCUT2D eigenvalue weighted by molar-refractivity contribution is 0.883. The number of unbranched alkanes of at least 4 members (excludes halogenated alkanes) is 1. The van der Waals surface area contributed by atoms with Gasteiger partial charge >= 0.3 is 0 Å². The lowest BCUT2D eigenvalue weighted by Crippen LogP contribution is -1.89. The van der Waals surface area contributed by atoms with Crippen LogP contribution in [0.15, 0.2) is 17.4 Å². The Bertz CT molecular complexity index is 238. The minimum atomic E-state index is 0.906. The highest BCUT2D eigenvalue weighted by Gasteiger charge is 1.95. The molecule has 0 fully saturated rings. The van der Waals surface area contributed by atoms with Crippen molar-refractivity contribution in [3.05, 3.63) is 18.0 Å². The van der Waals surface area contributed by atoms with Crippen LogP contribution >= 0.6 is 11.8 Å². The standard InChI is InChI=1S/C9H14N2S/c1-3-4-7-12-9-10-6-5-8(2)11-9/h5-6H,3-4,7H2,1-2H3. The van der Waals surface area contributed by atoms with Gasteiger partial charge in [-0.2, -0.15) is 0 Å². The summed E-state index contributed by atoms with van der Waals surface area (Å²) in [5.74, 6) is 1.12. The number of hydrogen-bond acceptors (Lipinski definition) is 3. The monoisotopic (exact) mass is 182 g/mol. The van der Waals surface area contributed by atoms with Gasteiger partial charge in [-0.1, -0.05) is 25.1 Å². The second-order valence-electron chi connectivity index (χ2n) is 2.68. The fraction of sp³-hybridized carbons (Fsp3) is 0.556. The molecule has 0 aliphatic carbocycles. The van der Waals surface area contributed by atoms with Crippen molar-refractivity contribution in [2.45, 2.75) is 31.8 Å². The van der Waals surface area contributed by atoms with E-state index < -0.39 is 0 Å². The average molecular weight is 182 g/mol. The van der Waals surface area contributed by atoms with Gasteiger partial charge in [-0.15, -0.1) is 0 Å². The quantitative estimate of drug-likeness (QED) is 0.407. The molecule has 1 aromatic heterocycles. The van der Waals surface area contributed by atoms with Gasteiger partial charge in [0.05, 0.1) is 0 Å². The zero-order valence-corrected chi connectivity index (χ0v) is 8.40. The first-order chi connectivity index (χ1) is 5.83. The molecule has 1 aromatic rings. The van der Waals surface area contributed by atoms with Crippen LogP contribution in [0.2, 0.25) is 0 Å². The molecular weight excluding hydrogens is 168 g/mol. The van der Waals surface area contributed by atoms with Crippen molar-refractivity contribution in [2.24, 2.45) is 0 Å². The SMILES string of the molecule is CCCCSc1nccc(C)n1. The predicted molar refractivity (Wildman–Crippen MR) is 52.4 cm³/mol. The molecule has 0 N–H and O–H groups in total. The maximum atomic E-state index is 4.30. The zero-order valence-electron chi connectivity index (χ0n) is 7.58. The topological polar surface area (TPSA) is 25.8 Å². The summed E-state index contributed by atoms with van der Waals surface area (Å²) in [5, 5.41) is 0.906. The first-order valence-corrected chi connectivity index (χ1v) is 5.24. The van der Waals surface area contributed by atoms with Gasteiger partial charge in [0.25, 0.3) is 0 Å². The summed E-state index contributed by atoms with van der Waals surface area (Å²) in [6.45, 7) is 4.18. The van der Waals surface area contributed by atoms with Crippen LogP contribution < -0.4 is 0 Å². The lowest BCUT2D eigenvalue weighted by Gasteiger charge is -1.98. The molecule has 0 aliphatic rings. The molecule has 12 heavy (non-hydrogen) atoms. The molecule has 1 heterocycles. The summed E-state index contributed by atoms with van der Waals surface area (Å²) in [4.78, 5) is 8.46. The van der Waals surface area contributed by atoms with E-state index in [9.17, 15) is 0 Å².